The summed E-state index contributed by atoms with van der Waals surface area (Å²) in [6.07, 6.45) is -4.76. The van der Waals surface area contributed by atoms with Crippen molar-refractivity contribution in [3.8, 4) is 22.8 Å². The van der Waals surface area contributed by atoms with E-state index in [0.29, 0.717) is 48.1 Å². The molecule has 0 fully saturated rings. The van der Waals surface area contributed by atoms with Crippen LogP contribution in [0.4, 0.5) is 24.8 Å². The molecule has 0 saturated carbocycles. The minimum absolute atomic E-state index is 0.299. The Morgan fingerprint density at radius 1 is 0.976 bits per heavy atom. The van der Waals surface area contributed by atoms with E-state index in [0.717, 1.165) is 16.8 Å². The van der Waals surface area contributed by atoms with Crippen LogP contribution < -0.4 is 25.8 Å². The van der Waals surface area contributed by atoms with E-state index in [1.165, 1.54) is 29.8 Å². The van der Waals surface area contributed by atoms with Crippen LogP contribution in [0.15, 0.2) is 72.8 Å². The van der Waals surface area contributed by atoms with Gasteiger partial charge in [-0.25, -0.2) is 5.43 Å². The van der Waals surface area contributed by atoms with Crippen molar-refractivity contribution in [1.82, 2.24) is 25.6 Å². The average molecular weight is 598 g/mol. The van der Waals surface area contributed by atoms with Crippen LogP contribution in [-0.2, 0) is 6.54 Å². The normalized spacial score (nSPS) is 11.4. The van der Waals surface area contributed by atoms with Crippen LogP contribution in [0.1, 0.15) is 44.7 Å². The predicted molar refractivity (Wildman–Crippen MR) is 164 cm³/mol. The predicted octanol–water partition coefficient (Wildman–Crippen LogP) is 6.79. The summed E-state index contributed by atoms with van der Waals surface area (Å²) in [4.78, 5) is 6.79. The first-order chi connectivity index (χ1) is 20.1. The van der Waals surface area contributed by atoms with E-state index < -0.39 is 6.36 Å². The molecule has 0 atom stereocenters. The Kier molecular flexibility index (Phi) is 10.0. The number of nitrogens with one attached hydrogen (secondary N) is 3. The lowest BCUT2D eigenvalue weighted by Gasteiger charge is -2.20. The first-order valence-electron chi connectivity index (χ1n) is 13.6. The summed E-state index contributed by atoms with van der Waals surface area (Å²) in [5, 5.41) is 8.40. The van der Waals surface area contributed by atoms with Crippen LogP contribution in [0.3, 0.4) is 0 Å². The van der Waals surface area contributed by atoms with Crippen molar-refractivity contribution in [2.75, 3.05) is 23.3 Å². The quantitative estimate of drug-likeness (QED) is 0.129. The number of hydrazine groups is 1. The van der Waals surface area contributed by atoms with E-state index in [1.54, 1.807) is 4.68 Å². The Labute approximate surface area is 248 Å². The first-order valence-corrected chi connectivity index (χ1v) is 14.0. The zero-order valence-corrected chi connectivity index (χ0v) is 24.7. The number of hydrogen-bond acceptors (Lipinski definition) is 6. The Hall–Kier alpha value is -4.16. The maximum Gasteiger partial charge on any atom is 0.573 e. The molecule has 0 amide bonds. The Morgan fingerprint density at radius 2 is 1.64 bits per heavy atom. The molecule has 222 valence electrons. The number of thiocarbonyl (C=S) groups is 1. The highest BCUT2D eigenvalue weighted by atomic mass is 32.1. The van der Waals surface area contributed by atoms with Crippen LogP contribution in [0.25, 0.3) is 17.1 Å². The number of anilines is 2. The number of para-hydroxylation sites is 1. The maximum absolute atomic E-state index is 12.6. The largest absolute Gasteiger partial charge is 0.573 e. The van der Waals surface area contributed by atoms with Gasteiger partial charge in [-0.05, 0) is 73.4 Å². The van der Waals surface area contributed by atoms with Crippen molar-refractivity contribution < 1.29 is 17.9 Å². The summed E-state index contributed by atoms with van der Waals surface area (Å²) < 4.78 is 43.4. The van der Waals surface area contributed by atoms with Crippen molar-refractivity contribution in [1.29, 1.82) is 0 Å². The number of aromatic nitrogens is 3. The van der Waals surface area contributed by atoms with Crippen LogP contribution in [-0.4, -0.2) is 39.3 Å². The second kappa shape index (κ2) is 13.7. The topological polar surface area (TPSA) is 79.3 Å². The van der Waals surface area contributed by atoms with Crippen LogP contribution in [0.2, 0.25) is 0 Å². The molecule has 3 N–H and O–H groups in total. The third-order valence-corrected chi connectivity index (χ3v) is 6.69. The van der Waals surface area contributed by atoms with E-state index in [1.807, 2.05) is 61.2 Å². The fraction of sp³-hybridized carbons (Fsp3) is 0.300. The van der Waals surface area contributed by atoms with Gasteiger partial charge in [0, 0.05) is 30.9 Å². The summed E-state index contributed by atoms with van der Waals surface area (Å²) in [7, 11) is 0. The molecule has 0 spiro atoms. The number of nitrogens with zero attached hydrogens (tertiary/aromatic N) is 4. The molecular formula is C30H34F3N7OS. The van der Waals surface area contributed by atoms with E-state index in [4.69, 9.17) is 22.3 Å². The van der Waals surface area contributed by atoms with E-state index >= 15 is 0 Å². The number of ether oxygens (including phenoxy) is 1. The fourth-order valence-corrected chi connectivity index (χ4v) is 4.55. The molecule has 42 heavy (non-hydrogen) atoms. The molecule has 8 nitrogen and oxygen atoms in total. The SMILES string of the molecule is CCN(CC)c1nc(-c2ccc(CNNC(=S)Nc3ccccc3C(C)C)cc2)nn1-c1ccc(OC(F)(F)F)cc1. The molecule has 0 radical (unpaired) electrons. The number of benzene rings is 3. The third-order valence-electron chi connectivity index (χ3n) is 6.49. The minimum atomic E-state index is -4.76. The summed E-state index contributed by atoms with van der Waals surface area (Å²) >= 11 is 5.44. The van der Waals surface area contributed by atoms with Crippen molar-refractivity contribution in [2.45, 2.75) is 46.5 Å². The average Bonchev–Trinajstić information content (AvgIpc) is 3.39. The number of alkyl halides is 3. The Bertz CT molecular complexity index is 1470. The highest BCUT2D eigenvalue weighted by molar-refractivity contribution is 7.80. The van der Waals surface area contributed by atoms with E-state index in [9.17, 15) is 13.2 Å². The first kappa shape index (κ1) is 30.8. The molecule has 1 aromatic heterocycles. The molecule has 1 heterocycles. The van der Waals surface area contributed by atoms with Gasteiger partial charge in [-0.1, -0.05) is 56.3 Å². The minimum Gasteiger partial charge on any atom is -0.406 e. The van der Waals surface area contributed by atoms with Gasteiger partial charge in [-0.3, -0.25) is 5.43 Å². The summed E-state index contributed by atoms with van der Waals surface area (Å²) in [5.74, 6) is 1.16. The molecule has 0 aliphatic heterocycles. The van der Waals surface area contributed by atoms with Crippen molar-refractivity contribution in [2.24, 2.45) is 0 Å². The molecule has 0 saturated heterocycles. The third kappa shape index (κ3) is 7.98. The van der Waals surface area contributed by atoms with Gasteiger partial charge in [0.15, 0.2) is 10.9 Å². The zero-order chi connectivity index (χ0) is 30.3. The molecule has 12 heteroatoms. The zero-order valence-electron chi connectivity index (χ0n) is 23.9. The lowest BCUT2D eigenvalue weighted by atomic mass is 10.0. The summed E-state index contributed by atoms with van der Waals surface area (Å²) in [6.45, 7) is 10.2. The Balaban J connectivity index is 1.44. The molecule has 0 bridgehead atoms. The van der Waals surface area contributed by atoms with Crippen LogP contribution >= 0.6 is 12.2 Å². The molecular weight excluding hydrogens is 563 g/mol. The van der Waals surface area contributed by atoms with Gasteiger partial charge in [0.25, 0.3) is 0 Å². The van der Waals surface area contributed by atoms with Gasteiger partial charge in [-0.15, -0.1) is 18.3 Å². The molecule has 4 aromatic rings. The second-order valence-corrected chi connectivity index (χ2v) is 10.1. The van der Waals surface area contributed by atoms with Crippen molar-refractivity contribution in [3.63, 3.8) is 0 Å². The van der Waals surface area contributed by atoms with Gasteiger partial charge < -0.3 is 15.0 Å². The number of hydrogen-bond donors (Lipinski definition) is 3. The molecule has 3 aromatic carbocycles. The molecule has 4 rings (SSSR count). The Morgan fingerprint density at radius 3 is 2.26 bits per heavy atom. The van der Waals surface area contributed by atoms with Gasteiger partial charge >= 0.3 is 6.36 Å². The number of halogens is 3. The lowest BCUT2D eigenvalue weighted by Crippen LogP contribution is -2.39. The molecule has 0 aliphatic carbocycles. The van der Waals surface area contributed by atoms with Gasteiger partial charge in [0.05, 0.1) is 5.69 Å². The highest BCUT2D eigenvalue weighted by Gasteiger charge is 2.31. The maximum atomic E-state index is 12.6. The van der Waals surface area contributed by atoms with Gasteiger partial charge in [-0.2, -0.15) is 9.67 Å². The monoisotopic (exact) mass is 597 g/mol. The van der Waals surface area contributed by atoms with Crippen molar-refractivity contribution >= 4 is 29.0 Å². The highest BCUT2D eigenvalue weighted by Crippen LogP contribution is 2.27. The van der Waals surface area contributed by atoms with E-state index in [2.05, 4.69) is 40.8 Å². The van der Waals surface area contributed by atoms with Crippen molar-refractivity contribution in [3.05, 3.63) is 83.9 Å². The van der Waals surface area contributed by atoms with Crippen LogP contribution in [0.5, 0.6) is 5.75 Å². The number of rotatable bonds is 11. The smallest absolute Gasteiger partial charge is 0.406 e. The summed E-state index contributed by atoms with van der Waals surface area (Å²) in [6, 6.07) is 21.4. The van der Waals surface area contributed by atoms with Gasteiger partial charge in [0.2, 0.25) is 5.95 Å². The fourth-order valence-electron chi connectivity index (χ4n) is 4.37. The molecule has 0 aliphatic rings. The van der Waals surface area contributed by atoms with Crippen LogP contribution in [0, 0.1) is 0 Å². The second-order valence-electron chi connectivity index (χ2n) is 9.73. The molecule has 0 unspecified atom stereocenters. The lowest BCUT2D eigenvalue weighted by molar-refractivity contribution is -0.274. The summed E-state index contributed by atoms with van der Waals surface area (Å²) in [5.41, 5.74) is 10.7. The van der Waals surface area contributed by atoms with E-state index in [-0.39, 0.29) is 5.75 Å². The standard InChI is InChI=1S/C30H34F3N7OS/c1-5-39(6-2)29-36-27(38-40(29)23-15-17-24(18-16-23)41-30(31,32)33)22-13-11-21(12-14-22)19-34-37-28(42)35-26-10-8-7-9-25(26)20(3)4/h7-18,20,34H,5-6,19H2,1-4H3,(H2,35,37,42). The van der Waals surface area contributed by atoms with Gasteiger partial charge in [0.1, 0.15) is 5.75 Å².